The van der Waals surface area contributed by atoms with Crippen molar-refractivity contribution in [2.24, 2.45) is 0 Å². The maximum absolute atomic E-state index is 10.8. The van der Waals surface area contributed by atoms with Crippen molar-refractivity contribution in [3.63, 3.8) is 0 Å². The van der Waals surface area contributed by atoms with Gasteiger partial charge in [0.05, 0.1) is 0 Å². The van der Waals surface area contributed by atoms with Crippen molar-refractivity contribution in [2.45, 2.75) is 12.8 Å². The van der Waals surface area contributed by atoms with Gasteiger partial charge < -0.3 is 4.84 Å². The van der Waals surface area contributed by atoms with E-state index in [2.05, 4.69) is 25.6 Å². The zero-order valence-electron chi connectivity index (χ0n) is 5.93. The molecule has 0 N–H and O–H groups in total. The van der Waals surface area contributed by atoms with Crippen molar-refractivity contribution >= 4 is 61.3 Å². The average Bonchev–Trinajstić information content (AvgIpc) is 2.39. The summed E-state index contributed by atoms with van der Waals surface area (Å²) in [7, 11) is 0. The van der Waals surface area contributed by atoms with Gasteiger partial charge in [-0.2, -0.15) is 3.71 Å². The van der Waals surface area contributed by atoms with Crippen LogP contribution >= 0.6 is 25.6 Å². The van der Waals surface area contributed by atoms with Crippen LogP contribution in [0, 0.1) is 0 Å². The number of carbonyl (C=O) groups is 1. The van der Waals surface area contributed by atoms with Gasteiger partial charge in [-0.3, -0.25) is 0 Å². The molecule has 0 radical (unpaired) electrons. The van der Waals surface area contributed by atoms with E-state index in [9.17, 15) is 4.79 Å². The number of amides is 1. The van der Waals surface area contributed by atoms with Gasteiger partial charge in [0.1, 0.15) is 0 Å². The van der Waals surface area contributed by atoms with Gasteiger partial charge in [0.15, 0.2) is 0 Å². The molecule has 0 unspecified atom stereocenters. The first-order valence-electron chi connectivity index (χ1n) is 3.35. The second kappa shape index (κ2) is 6.39. The van der Waals surface area contributed by atoms with Crippen LogP contribution in [0.2, 0.25) is 0 Å². The van der Waals surface area contributed by atoms with Crippen molar-refractivity contribution < 1.29 is 9.63 Å². The molecule has 0 aromatic carbocycles. The van der Waals surface area contributed by atoms with Crippen LogP contribution in [0.1, 0.15) is 12.8 Å². The second-order valence-electron chi connectivity index (χ2n) is 2.28. The Balaban J connectivity index is 0.00000121. The molecular formula is C5H11N2NaO2S2. The van der Waals surface area contributed by atoms with Gasteiger partial charge in [0, 0.05) is 13.1 Å². The molecule has 1 fully saturated rings. The number of hydrogen-bond acceptors (Lipinski definition) is 5. The molecular weight excluding hydrogens is 207 g/mol. The topological polar surface area (TPSA) is 32.8 Å². The Morgan fingerprint density at radius 2 is 1.83 bits per heavy atom. The van der Waals surface area contributed by atoms with Crippen molar-refractivity contribution in [2.75, 3.05) is 13.1 Å². The molecule has 0 saturated carbocycles. The third kappa shape index (κ3) is 4.25. The molecule has 12 heavy (non-hydrogen) atoms. The predicted octanol–water partition coefficient (Wildman–Crippen LogP) is 0.477. The SMILES string of the molecule is O=C(ON1CCCC1)N(S)S.[NaH]. The Morgan fingerprint density at radius 3 is 2.25 bits per heavy atom. The fourth-order valence-corrected chi connectivity index (χ4v) is 0.999. The van der Waals surface area contributed by atoms with Gasteiger partial charge in [-0.1, -0.05) is 0 Å². The summed E-state index contributed by atoms with van der Waals surface area (Å²) in [4.78, 5) is 15.6. The first-order chi connectivity index (χ1) is 5.20. The first-order valence-corrected chi connectivity index (χ1v) is 4.15. The van der Waals surface area contributed by atoms with E-state index in [-0.39, 0.29) is 29.6 Å². The monoisotopic (exact) mass is 218 g/mol. The van der Waals surface area contributed by atoms with Crippen LogP contribution in [0.3, 0.4) is 0 Å². The predicted molar refractivity (Wildman–Crippen MR) is 54.2 cm³/mol. The maximum atomic E-state index is 10.8. The number of nitrogens with zero attached hydrogens (tertiary/aromatic N) is 2. The van der Waals surface area contributed by atoms with Crippen molar-refractivity contribution in [3.8, 4) is 0 Å². The van der Waals surface area contributed by atoms with Gasteiger partial charge >= 0.3 is 35.7 Å². The zero-order chi connectivity index (χ0) is 8.27. The van der Waals surface area contributed by atoms with E-state index in [4.69, 9.17) is 4.84 Å². The van der Waals surface area contributed by atoms with Gasteiger partial charge in [0.2, 0.25) is 0 Å². The van der Waals surface area contributed by atoms with Crippen LogP contribution in [0.5, 0.6) is 0 Å². The Kier molecular flexibility index (Phi) is 6.89. The van der Waals surface area contributed by atoms with Gasteiger partial charge in [-0.05, 0) is 38.5 Å². The molecule has 1 amide bonds. The van der Waals surface area contributed by atoms with E-state index in [1.807, 2.05) is 0 Å². The Bertz CT molecular complexity index is 152. The number of carbonyl (C=O) groups excluding carboxylic acids is 1. The molecule has 1 rings (SSSR count). The van der Waals surface area contributed by atoms with E-state index in [1.165, 1.54) is 0 Å². The first kappa shape index (κ1) is 12.9. The molecule has 1 aliphatic rings. The summed E-state index contributed by atoms with van der Waals surface area (Å²) in [6.45, 7) is 1.61. The Morgan fingerprint density at radius 1 is 1.33 bits per heavy atom. The molecule has 7 heteroatoms. The Labute approximate surface area is 105 Å². The molecule has 66 valence electrons. The number of rotatable bonds is 1. The molecule has 0 bridgehead atoms. The summed E-state index contributed by atoms with van der Waals surface area (Å²) in [6, 6.07) is 0. The molecule has 0 aliphatic carbocycles. The quantitative estimate of drug-likeness (QED) is 0.496. The molecule has 1 heterocycles. The standard InChI is InChI=1S/C5H10N2O2S2.Na.H/c8-5(7(10)11)9-6-3-1-2-4-6;;/h10-11H,1-4H2;;. The van der Waals surface area contributed by atoms with Crippen LogP contribution in [0.4, 0.5) is 4.79 Å². The van der Waals surface area contributed by atoms with E-state index in [1.54, 1.807) is 5.06 Å². The van der Waals surface area contributed by atoms with Gasteiger partial charge in [-0.15, -0.1) is 5.06 Å². The van der Waals surface area contributed by atoms with E-state index in [0.717, 1.165) is 29.6 Å². The van der Waals surface area contributed by atoms with Crippen LogP contribution in [0.15, 0.2) is 0 Å². The van der Waals surface area contributed by atoms with E-state index >= 15 is 0 Å². The third-order valence-corrected chi connectivity index (χ3v) is 1.76. The van der Waals surface area contributed by atoms with Gasteiger partial charge in [-0.25, -0.2) is 4.79 Å². The van der Waals surface area contributed by atoms with Crippen molar-refractivity contribution in [3.05, 3.63) is 0 Å². The Hall–Kier alpha value is 0.930. The molecule has 0 aromatic heterocycles. The van der Waals surface area contributed by atoms with E-state index in [0.29, 0.717) is 0 Å². The van der Waals surface area contributed by atoms with Crippen LogP contribution in [-0.4, -0.2) is 57.5 Å². The minimum atomic E-state index is -0.557. The summed E-state index contributed by atoms with van der Waals surface area (Å²) in [5, 5.41) is 1.61. The summed E-state index contributed by atoms with van der Waals surface area (Å²) in [5.74, 6) is 0. The van der Waals surface area contributed by atoms with Crippen LogP contribution in [-0.2, 0) is 4.84 Å². The molecule has 0 spiro atoms. The van der Waals surface area contributed by atoms with Crippen LogP contribution in [0.25, 0.3) is 0 Å². The average molecular weight is 218 g/mol. The number of thiol groups is 2. The van der Waals surface area contributed by atoms with Crippen molar-refractivity contribution in [1.29, 1.82) is 0 Å². The van der Waals surface area contributed by atoms with Crippen molar-refractivity contribution in [1.82, 2.24) is 8.77 Å². The second-order valence-corrected chi connectivity index (χ2v) is 3.40. The molecule has 1 saturated heterocycles. The fraction of sp³-hybridized carbons (Fsp3) is 0.800. The number of hydrogen-bond donors (Lipinski definition) is 2. The number of hydroxylamine groups is 2. The van der Waals surface area contributed by atoms with Crippen LogP contribution < -0.4 is 0 Å². The summed E-state index contributed by atoms with van der Waals surface area (Å²) < 4.78 is 0.818. The molecule has 4 nitrogen and oxygen atoms in total. The summed E-state index contributed by atoms with van der Waals surface area (Å²) in [5.41, 5.74) is 0. The fourth-order valence-electron chi connectivity index (χ4n) is 0.926. The zero-order valence-corrected chi connectivity index (χ0v) is 7.72. The minimum absolute atomic E-state index is 0. The summed E-state index contributed by atoms with van der Waals surface area (Å²) in [6.07, 6.45) is 1.59. The third-order valence-electron chi connectivity index (χ3n) is 1.44. The molecule has 0 atom stereocenters. The van der Waals surface area contributed by atoms with E-state index < -0.39 is 6.09 Å². The molecule has 0 aromatic rings. The summed E-state index contributed by atoms with van der Waals surface area (Å²) >= 11 is 7.32. The normalized spacial score (nSPS) is 16.8. The van der Waals surface area contributed by atoms with Gasteiger partial charge in [0.25, 0.3) is 0 Å². The molecule has 1 aliphatic heterocycles.